The fourth-order valence-electron chi connectivity index (χ4n) is 2.56. The van der Waals surface area contributed by atoms with Crippen LogP contribution >= 0.6 is 15.9 Å². The second-order valence-corrected chi connectivity index (χ2v) is 9.56. The minimum Gasteiger partial charge on any atom is -0.379 e. The van der Waals surface area contributed by atoms with E-state index in [2.05, 4.69) is 49.8 Å². The average molecular weight is 432 g/mol. The summed E-state index contributed by atoms with van der Waals surface area (Å²) in [5, 5.41) is 6.56. The van der Waals surface area contributed by atoms with Crippen LogP contribution in [-0.2, 0) is 20.0 Å². The third kappa shape index (κ3) is 6.95. The smallest absolute Gasteiger partial charge is 0.191 e. The zero-order valence-corrected chi connectivity index (χ0v) is 17.1. The van der Waals surface area contributed by atoms with Gasteiger partial charge >= 0.3 is 0 Å². The van der Waals surface area contributed by atoms with Crippen LogP contribution in [0.25, 0.3) is 0 Å². The van der Waals surface area contributed by atoms with Crippen LogP contribution in [0.2, 0.25) is 0 Å². The Morgan fingerprint density at radius 3 is 2.68 bits per heavy atom. The van der Waals surface area contributed by atoms with Crippen LogP contribution in [0.3, 0.4) is 0 Å². The Morgan fingerprint density at radius 1 is 1.32 bits per heavy atom. The zero-order valence-electron chi connectivity index (χ0n) is 14.7. The minimum absolute atomic E-state index is 0.0507. The van der Waals surface area contributed by atoms with E-state index in [1.807, 2.05) is 6.07 Å². The Hall–Kier alpha value is -1.12. The van der Waals surface area contributed by atoms with Crippen molar-refractivity contribution in [1.29, 1.82) is 0 Å². The summed E-state index contributed by atoms with van der Waals surface area (Å²) in [4.78, 5) is 4.22. The molecule has 2 rings (SSSR count). The maximum atomic E-state index is 11.0. The number of halogens is 1. The molecule has 6 nitrogen and oxygen atoms in total. The van der Waals surface area contributed by atoms with Gasteiger partial charge in [-0.15, -0.1) is 0 Å². The first kappa shape index (κ1) is 20.2. The lowest BCUT2D eigenvalue weighted by atomic mass is 9.96. The lowest BCUT2D eigenvalue weighted by Gasteiger charge is -2.19. The van der Waals surface area contributed by atoms with Crippen molar-refractivity contribution in [1.82, 2.24) is 10.6 Å². The minimum atomic E-state index is -2.96. The van der Waals surface area contributed by atoms with Gasteiger partial charge in [0.05, 0.1) is 19.0 Å². The fourth-order valence-corrected chi connectivity index (χ4v) is 3.38. The number of guanidine groups is 1. The molecule has 0 aromatic heterocycles. The molecule has 0 radical (unpaired) electrons. The molecule has 0 spiro atoms. The first-order valence-electron chi connectivity index (χ1n) is 8.31. The number of benzene rings is 1. The summed E-state index contributed by atoms with van der Waals surface area (Å²) in [6, 6.07) is 8.46. The first-order chi connectivity index (χ1) is 11.8. The number of sulfone groups is 1. The molecule has 1 aromatic rings. The van der Waals surface area contributed by atoms with Gasteiger partial charge in [0.15, 0.2) is 5.96 Å². The highest BCUT2D eigenvalue weighted by Gasteiger charge is 2.44. The molecular weight excluding hydrogens is 406 g/mol. The molecule has 0 amide bonds. The van der Waals surface area contributed by atoms with Crippen LogP contribution in [-0.4, -0.2) is 59.7 Å². The Balaban J connectivity index is 1.70. The quantitative estimate of drug-likeness (QED) is 0.353. The van der Waals surface area contributed by atoms with Crippen molar-refractivity contribution < 1.29 is 13.2 Å². The van der Waals surface area contributed by atoms with Crippen molar-refractivity contribution in [3.63, 3.8) is 0 Å². The summed E-state index contributed by atoms with van der Waals surface area (Å²) >= 11 is 3.54. The van der Waals surface area contributed by atoms with Gasteiger partial charge in [0.25, 0.3) is 0 Å². The van der Waals surface area contributed by atoms with Gasteiger partial charge in [0, 0.05) is 36.3 Å². The number of hydrogen-bond acceptors (Lipinski definition) is 4. The highest BCUT2D eigenvalue weighted by Crippen LogP contribution is 2.48. The second kappa shape index (κ2) is 9.00. The molecule has 2 N–H and O–H groups in total. The van der Waals surface area contributed by atoms with E-state index in [1.165, 1.54) is 24.7 Å². The van der Waals surface area contributed by atoms with E-state index in [-0.39, 0.29) is 17.8 Å². The summed E-state index contributed by atoms with van der Waals surface area (Å²) in [5.74, 6) is 0.780. The number of nitrogens with zero attached hydrogens (tertiary/aromatic N) is 1. The summed E-state index contributed by atoms with van der Waals surface area (Å²) < 4.78 is 28.4. The Kier molecular flexibility index (Phi) is 7.27. The average Bonchev–Trinajstić information content (AvgIpc) is 3.34. The maximum Gasteiger partial charge on any atom is 0.191 e. The predicted molar refractivity (Wildman–Crippen MR) is 105 cm³/mol. The molecule has 0 bridgehead atoms. The molecule has 1 aliphatic carbocycles. The predicted octanol–water partition coefficient (Wildman–Crippen LogP) is 1.71. The monoisotopic (exact) mass is 431 g/mol. The van der Waals surface area contributed by atoms with E-state index in [0.717, 1.165) is 17.0 Å². The number of hydrogen-bond donors (Lipinski definition) is 2. The van der Waals surface area contributed by atoms with Gasteiger partial charge in [-0.25, -0.2) is 8.42 Å². The zero-order chi connectivity index (χ0) is 18.3. The van der Waals surface area contributed by atoms with Crippen LogP contribution < -0.4 is 10.6 Å². The van der Waals surface area contributed by atoms with Gasteiger partial charge in [-0.3, -0.25) is 4.99 Å². The lowest BCUT2D eigenvalue weighted by molar-refractivity contribution is 0.154. The Bertz CT molecular complexity index is 703. The van der Waals surface area contributed by atoms with E-state index in [0.29, 0.717) is 13.2 Å². The summed E-state index contributed by atoms with van der Waals surface area (Å²) in [7, 11) is -1.23. The molecule has 8 heteroatoms. The Morgan fingerprint density at radius 2 is 2.08 bits per heavy atom. The third-order valence-electron chi connectivity index (χ3n) is 4.25. The Labute approximate surface area is 158 Å². The highest BCUT2D eigenvalue weighted by molar-refractivity contribution is 9.10. The SMILES string of the molecule is CN=C(NCCOCCS(C)(=O)=O)NCC1(c2cccc(Br)c2)CC1. The molecule has 1 aromatic carbocycles. The molecule has 25 heavy (non-hydrogen) atoms. The van der Waals surface area contributed by atoms with Gasteiger partial charge in [-0.1, -0.05) is 28.1 Å². The van der Waals surface area contributed by atoms with Gasteiger partial charge in [0.1, 0.15) is 9.84 Å². The first-order valence-corrected chi connectivity index (χ1v) is 11.2. The van der Waals surface area contributed by atoms with Crippen molar-refractivity contribution in [3.05, 3.63) is 34.3 Å². The second-order valence-electron chi connectivity index (χ2n) is 6.39. The third-order valence-corrected chi connectivity index (χ3v) is 5.65. The highest BCUT2D eigenvalue weighted by atomic mass is 79.9. The number of aliphatic imine (C=N–C) groups is 1. The van der Waals surface area contributed by atoms with Gasteiger partial charge in [0.2, 0.25) is 0 Å². The van der Waals surface area contributed by atoms with Crippen LogP contribution in [0.4, 0.5) is 0 Å². The van der Waals surface area contributed by atoms with Crippen molar-refractivity contribution in [3.8, 4) is 0 Å². The summed E-state index contributed by atoms with van der Waals surface area (Å²) in [6.45, 7) is 2.07. The molecule has 140 valence electrons. The molecule has 1 saturated carbocycles. The van der Waals surface area contributed by atoms with Crippen molar-refractivity contribution in [2.24, 2.45) is 4.99 Å². The standard InChI is InChI=1S/C17H26BrN3O3S/c1-19-16(20-8-9-24-10-11-25(2,22)23)21-13-17(6-7-17)14-4-3-5-15(18)12-14/h3-5,12H,6-11,13H2,1-2H3,(H2,19,20,21). The topological polar surface area (TPSA) is 79.8 Å². The normalized spacial score (nSPS) is 16.5. The molecular formula is C17H26BrN3O3S. The van der Waals surface area contributed by atoms with Crippen LogP contribution in [0, 0.1) is 0 Å². The lowest BCUT2D eigenvalue weighted by Crippen LogP contribution is -2.42. The van der Waals surface area contributed by atoms with Gasteiger partial charge in [-0.05, 0) is 30.5 Å². The molecule has 0 saturated heterocycles. The number of ether oxygens (including phenoxy) is 1. The fraction of sp³-hybridized carbons (Fsp3) is 0.588. The number of rotatable bonds is 9. The van der Waals surface area contributed by atoms with Crippen molar-refractivity contribution >= 4 is 31.7 Å². The van der Waals surface area contributed by atoms with Crippen LogP contribution in [0.5, 0.6) is 0 Å². The molecule has 0 unspecified atom stereocenters. The van der Waals surface area contributed by atoms with E-state index in [4.69, 9.17) is 4.74 Å². The van der Waals surface area contributed by atoms with Gasteiger partial charge in [-0.2, -0.15) is 0 Å². The molecule has 1 fully saturated rings. The van der Waals surface area contributed by atoms with Crippen molar-refractivity contribution in [2.75, 3.05) is 45.4 Å². The van der Waals surface area contributed by atoms with Crippen LogP contribution in [0.15, 0.2) is 33.7 Å². The maximum absolute atomic E-state index is 11.0. The van der Waals surface area contributed by atoms with Crippen LogP contribution in [0.1, 0.15) is 18.4 Å². The summed E-state index contributed by atoms with van der Waals surface area (Å²) in [6.07, 6.45) is 3.55. The summed E-state index contributed by atoms with van der Waals surface area (Å²) in [5.41, 5.74) is 1.53. The molecule has 0 heterocycles. The van der Waals surface area contributed by atoms with E-state index in [9.17, 15) is 8.42 Å². The van der Waals surface area contributed by atoms with E-state index in [1.54, 1.807) is 7.05 Å². The largest absolute Gasteiger partial charge is 0.379 e. The van der Waals surface area contributed by atoms with Crippen molar-refractivity contribution in [2.45, 2.75) is 18.3 Å². The van der Waals surface area contributed by atoms with Gasteiger partial charge < -0.3 is 15.4 Å². The van der Waals surface area contributed by atoms with E-state index < -0.39 is 9.84 Å². The molecule has 0 aliphatic heterocycles. The molecule has 0 atom stereocenters. The van der Waals surface area contributed by atoms with E-state index >= 15 is 0 Å². The molecule has 1 aliphatic rings. The number of nitrogens with one attached hydrogen (secondary N) is 2.